The summed E-state index contributed by atoms with van der Waals surface area (Å²) in [4.78, 5) is 16.4. The maximum Gasteiger partial charge on any atom is 0.365 e. The summed E-state index contributed by atoms with van der Waals surface area (Å²) in [5, 5.41) is 1.19. The molecule has 0 bridgehead atoms. The molecular formula is C9H9N3O2. The fourth-order valence-electron chi connectivity index (χ4n) is 1.01. The minimum Gasteiger partial charge on any atom is -0.319 e. The van der Waals surface area contributed by atoms with Crippen LogP contribution in [0.2, 0.25) is 0 Å². The van der Waals surface area contributed by atoms with Gasteiger partial charge in [-0.25, -0.2) is 4.79 Å². The molecule has 0 amide bonds. The molecule has 0 atom stereocenters. The first kappa shape index (κ1) is 8.58. The van der Waals surface area contributed by atoms with E-state index in [1.54, 1.807) is 36.7 Å². The Bertz CT molecular complexity index is 350. The third-order valence-corrected chi connectivity index (χ3v) is 1.66. The molecule has 0 aromatic heterocycles. The van der Waals surface area contributed by atoms with Gasteiger partial charge in [0.2, 0.25) is 0 Å². The largest absolute Gasteiger partial charge is 0.365 e. The number of hydrazine groups is 2. The van der Waals surface area contributed by atoms with Crippen LogP contribution in [-0.2, 0) is 4.84 Å². The van der Waals surface area contributed by atoms with Crippen molar-refractivity contribution in [2.24, 2.45) is 0 Å². The lowest BCUT2D eigenvalue weighted by atomic mass is 10.2. The smallest absolute Gasteiger partial charge is 0.319 e. The number of benzene rings is 1. The van der Waals surface area contributed by atoms with E-state index in [1.807, 2.05) is 6.07 Å². The first-order chi connectivity index (χ1) is 6.86. The molecule has 0 saturated heterocycles. The quantitative estimate of drug-likeness (QED) is 0.715. The van der Waals surface area contributed by atoms with Crippen LogP contribution in [0.4, 0.5) is 0 Å². The fourth-order valence-corrected chi connectivity index (χ4v) is 1.01. The van der Waals surface area contributed by atoms with E-state index in [4.69, 9.17) is 4.84 Å². The zero-order valence-electron chi connectivity index (χ0n) is 7.31. The Kier molecular flexibility index (Phi) is 2.33. The highest BCUT2D eigenvalue weighted by molar-refractivity contribution is 5.89. The Morgan fingerprint density at radius 2 is 2.07 bits per heavy atom. The van der Waals surface area contributed by atoms with E-state index in [0.717, 1.165) is 0 Å². The van der Waals surface area contributed by atoms with Crippen molar-refractivity contribution in [1.29, 1.82) is 0 Å². The van der Waals surface area contributed by atoms with Gasteiger partial charge in [-0.05, 0) is 12.1 Å². The van der Waals surface area contributed by atoms with Crippen molar-refractivity contribution >= 4 is 5.97 Å². The Morgan fingerprint density at radius 1 is 1.29 bits per heavy atom. The SMILES string of the molecule is O=C(ON1C=CNN1)c1ccccc1. The number of nitrogens with one attached hydrogen (secondary N) is 2. The average Bonchev–Trinajstić information content (AvgIpc) is 2.72. The molecule has 0 unspecified atom stereocenters. The van der Waals surface area contributed by atoms with Crippen LogP contribution in [0.25, 0.3) is 0 Å². The highest BCUT2D eigenvalue weighted by Crippen LogP contribution is 2.03. The van der Waals surface area contributed by atoms with Gasteiger partial charge in [0.05, 0.1) is 11.8 Å². The molecule has 0 spiro atoms. The number of carbonyl (C=O) groups is 1. The summed E-state index contributed by atoms with van der Waals surface area (Å²) in [5.41, 5.74) is 5.74. The Balaban J connectivity index is 1.99. The Morgan fingerprint density at radius 3 is 2.71 bits per heavy atom. The summed E-state index contributed by atoms with van der Waals surface area (Å²) >= 11 is 0. The van der Waals surface area contributed by atoms with Crippen molar-refractivity contribution in [3.05, 3.63) is 48.3 Å². The van der Waals surface area contributed by atoms with Crippen LogP contribution in [0.5, 0.6) is 0 Å². The van der Waals surface area contributed by atoms with E-state index in [2.05, 4.69) is 11.0 Å². The first-order valence-corrected chi connectivity index (χ1v) is 4.11. The lowest BCUT2D eigenvalue weighted by molar-refractivity contribution is -0.106. The normalized spacial score (nSPS) is 13.9. The average molecular weight is 191 g/mol. The second kappa shape index (κ2) is 3.80. The summed E-state index contributed by atoms with van der Waals surface area (Å²) in [7, 11) is 0. The molecule has 2 N–H and O–H groups in total. The second-order valence-electron chi connectivity index (χ2n) is 2.64. The minimum atomic E-state index is -0.411. The van der Waals surface area contributed by atoms with Crippen LogP contribution in [0, 0.1) is 0 Å². The number of nitrogens with zero attached hydrogens (tertiary/aromatic N) is 1. The molecule has 0 radical (unpaired) electrons. The molecule has 14 heavy (non-hydrogen) atoms. The molecule has 0 fully saturated rings. The number of hydroxylamine groups is 1. The summed E-state index contributed by atoms with van der Waals surface area (Å²) in [6.45, 7) is 0. The van der Waals surface area contributed by atoms with Gasteiger partial charge in [0.15, 0.2) is 0 Å². The molecular weight excluding hydrogens is 182 g/mol. The Labute approximate surface area is 80.9 Å². The molecule has 0 saturated carbocycles. The van der Waals surface area contributed by atoms with E-state index in [9.17, 15) is 4.79 Å². The highest BCUT2D eigenvalue weighted by Gasteiger charge is 2.11. The summed E-state index contributed by atoms with van der Waals surface area (Å²) in [6, 6.07) is 8.78. The maximum atomic E-state index is 11.4. The van der Waals surface area contributed by atoms with Crippen molar-refractivity contribution in [1.82, 2.24) is 16.1 Å². The van der Waals surface area contributed by atoms with Crippen LogP contribution < -0.4 is 11.0 Å². The number of hydrogen-bond donors (Lipinski definition) is 2. The van der Waals surface area contributed by atoms with Crippen molar-refractivity contribution in [2.75, 3.05) is 0 Å². The van der Waals surface area contributed by atoms with Crippen molar-refractivity contribution in [3.63, 3.8) is 0 Å². The topological polar surface area (TPSA) is 53.6 Å². The predicted octanol–water partition coefficient (Wildman–Crippen LogP) is 0.554. The lowest BCUT2D eigenvalue weighted by Gasteiger charge is -2.13. The number of rotatable bonds is 2. The van der Waals surface area contributed by atoms with Crippen molar-refractivity contribution < 1.29 is 9.63 Å². The van der Waals surface area contributed by atoms with Gasteiger partial charge in [-0.1, -0.05) is 18.2 Å². The molecule has 1 aliphatic heterocycles. The van der Waals surface area contributed by atoms with Crippen LogP contribution in [-0.4, -0.2) is 11.1 Å². The third-order valence-electron chi connectivity index (χ3n) is 1.66. The fraction of sp³-hybridized carbons (Fsp3) is 0. The molecule has 72 valence electrons. The number of carbonyl (C=O) groups excluding carboxylic acids is 1. The van der Waals surface area contributed by atoms with E-state index in [1.165, 1.54) is 5.17 Å². The van der Waals surface area contributed by atoms with Crippen molar-refractivity contribution in [3.8, 4) is 0 Å². The molecule has 5 heteroatoms. The zero-order chi connectivity index (χ0) is 9.80. The van der Waals surface area contributed by atoms with Crippen LogP contribution in [0.3, 0.4) is 0 Å². The first-order valence-electron chi connectivity index (χ1n) is 4.11. The van der Waals surface area contributed by atoms with Crippen LogP contribution in [0.15, 0.2) is 42.7 Å². The number of hydrogen-bond acceptors (Lipinski definition) is 5. The van der Waals surface area contributed by atoms with Gasteiger partial charge in [0, 0.05) is 6.20 Å². The van der Waals surface area contributed by atoms with Gasteiger partial charge in [-0.2, -0.15) is 0 Å². The molecule has 1 heterocycles. The lowest BCUT2D eigenvalue weighted by Crippen LogP contribution is -2.37. The minimum absolute atomic E-state index is 0.411. The molecule has 5 nitrogen and oxygen atoms in total. The standard InChI is InChI=1S/C9H9N3O2/c13-9(8-4-2-1-3-5-8)14-12-7-6-10-11-12/h1-7,10-11H. The summed E-state index contributed by atoms with van der Waals surface area (Å²) < 4.78 is 0. The van der Waals surface area contributed by atoms with Gasteiger partial charge in [-0.15, -0.1) is 10.7 Å². The zero-order valence-corrected chi connectivity index (χ0v) is 7.31. The van der Waals surface area contributed by atoms with Gasteiger partial charge in [-0.3, -0.25) is 0 Å². The molecule has 1 aromatic carbocycles. The van der Waals surface area contributed by atoms with E-state index >= 15 is 0 Å². The second-order valence-corrected chi connectivity index (χ2v) is 2.64. The Hall–Kier alpha value is -2.01. The molecule has 1 aromatic rings. The van der Waals surface area contributed by atoms with Crippen LogP contribution >= 0.6 is 0 Å². The van der Waals surface area contributed by atoms with Gasteiger partial charge < -0.3 is 10.3 Å². The van der Waals surface area contributed by atoms with E-state index < -0.39 is 5.97 Å². The molecule has 2 rings (SSSR count). The van der Waals surface area contributed by atoms with Crippen LogP contribution in [0.1, 0.15) is 10.4 Å². The van der Waals surface area contributed by atoms with E-state index in [-0.39, 0.29) is 0 Å². The monoisotopic (exact) mass is 191 g/mol. The van der Waals surface area contributed by atoms with Crippen molar-refractivity contribution in [2.45, 2.75) is 0 Å². The summed E-state index contributed by atoms with van der Waals surface area (Å²) in [5.74, 6) is -0.411. The van der Waals surface area contributed by atoms with Gasteiger partial charge >= 0.3 is 5.97 Å². The summed E-state index contributed by atoms with van der Waals surface area (Å²) in [6.07, 6.45) is 3.17. The predicted molar refractivity (Wildman–Crippen MR) is 49.1 cm³/mol. The molecule has 0 aliphatic carbocycles. The molecule has 1 aliphatic rings. The maximum absolute atomic E-state index is 11.4. The van der Waals surface area contributed by atoms with E-state index in [0.29, 0.717) is 5.56 Å². The third kappa shape index (κ3) is 1.83. The van der Waals surface area contributed by atoms with Gasteiger partial charge in [0.1, 0.15) is 0 Å². The van der Waals surface area contributed by atoms with Gasteiger partial charge in [0.25, 0.3) is 0 Å². The highest BCUT2D eigenvalue weighted by atomic mass is 16.7.